The van der Waals surface area contributed by atoms with Crippen LogP contribution in [0.15, 0.2) is 182 Å². The van der Waals surface area contributed by atoms with E-state index in [0.29, 0.717) is 11.5 Å². The number of pyridine rings is 1. The highest BCUT2D eigenvalue weighted by atomic mass is 16.5. The second-order valence-corrected chi connectivity index (χ2v) is 12.7. The lowest BCUT2D eigenvalue weighted by molar-refractivity contribution is 0.472. The van der Waals surface area contributed by atoms with Crippen molar-refractivity contribution in [2.45, 2.75) is 0 Å². The molecule has 3 heterocycles. The highest BCUT2D eigenvalue weighted by Gasteiger charge is 2.29. The van der Waals surface area contributed by atoms with E-state index in [4.69, 9.17) is 14.2 Å². The molecule has 1 aromatic heterocycles. The molecule has 2 aliphatic heterocycles. The van der Waals surface area contributed by atoms with Gasteiger partial charge in [0.25, 0.3) is 0 Å². The third-order valence-electron chi connectivity index (χ3n) is 9.60. The van der Waals surface area contributed by atoms with Gasteiger partial charge in [-0.15, -0.1) is 0 Å². The maximum Gasteiger partial charge on any atom is 0.159 e. The fourth-order valence-electron chi connectivity index (χ4n) is 7.17. The van der Waals surface area contributed by atoms with Gasteiger partial charge in [0.15, 0.2) is 11.5 Å². The molecule has 0 spiro atoms. The van der Waals surface area contributed by atoms with E-state index < -0.39 is 0 Å². The molecule has 0 unspecified atom stereocenters. The van der Waals surface area contributed by atoms with Crippen LogP contribution in [0.3, 0.4) is 0 Å². The number of hydrogen-bond acceptors (Lipinski definition) is 5. The Morgan fingerprint density at radius 1 is 0.365 bits per heavy atom. The second kappa shape index (κ2) is 12.3. The quantitative estimate of drug-likeness (QED) is 0.187. The van der Waals surface area contributed by atoms with Crippen molar-refractivity contribution in [3.05, 3.63) is 182 Å². The number of anilines is 3. The van der Waals surface area contributed by atoms with E-state index in [-0.39, 0.29) is 0 Å². The van der Waals surface area contributed by atoms with Crippen LogP contribution in [0.2, 0.25) is 0 Å². The molecule has 0 amide bonds. The van der Waals surface area contributed by atoms with Gasteiger partial charge >= 0.3 is 0 Å². The highest BCUT2D eigenvalue weighted by molar-refractivity contribution is 5.92. The Morgan fingerprint density at radius 3 is 1.63 bits per heavy atom. The average Bonchev–Trinajstić information content (AvgIpc) is 3.21. The number of ether oxygens (including phenoxy) is 3. The highest BCUT2D eigenvalue weighted by Crippen LogP contribution is 2.55. The Bertz CT molecular complexity index is 2620. The first-order valence-corrected chi connectivity index (χ1v) is 17.3. The number of benzene rings is 7. The number of nitrogens with zero attached hydrogens (tertiary/aromatic N) is 2. The van der Waals surface area contributed by atoms with E-state index in [2.05, 4.69) is 107 Å². The summed E-state index contributed by atoms with van der Waals surface area (Å²) in [5.41, 5.74) is 10.5. The number of fused-ring (bicyclic) bond motifs is 8. The zero-order chi connectivity index (χ0) is 34.4. The summed E-state index contributed by atoms with van der Waals surface area (Å²) in [6.45, 7) is 0. The summed E-state index contributed by atoms with van der Waals surface area (Å²) >= 11 is 0. The third kappa shape index (κ3) is 5.07. The largest absolute Gasteiger partial charge is 0.456 e. The molecule has 8 aromatic rings. The third-order valence-corrected chi connectivity index (χ3v) is 9.60. The summed E-state index contributed by atoms with van der Waals surface area (Å²) in [5.74, 6) is 4.47. The first-order chi connectivity index (χ1) is 25.8. The van der Waals surface area contributed by atoms with E-state index in [9.17, 15) is 0 Å². The summed E-state index contributed by atoms with van der Waals surface area (Å²) < 4.78 is 20.6. The van der Waals surface area contributed by atoms with Gasteiger partial charge in [-0.3, -0.25) is 4.98 Å². The van der Waals surface area contributed by atoms with Gasteiger partial charge in [-0.05, 0) is 84.4 Å². The summed E-state index contributed by atoms with van der Waals surface area (Å²) in [6.07, 6.45) is 1.81. The smallest absolute Gasteiger partial charge is 0.159 e. The van der Waals surface area contributed by atoms with Crippen LogP contribution >= 0.6 is 0 Å². The number of aromatic nitrogens is 1. The second-order valence-electron chi connectivity index (χ2n) is 12.7. The Morgan fingerprint density at radius 2 is 0.923 bits per heavy atom. The maximum atomic E-state index is 6.98. The average molecular weight is 671 g/mol. The summed E-state index contributed by atoms with van der Waals surface area (Å²) in [6, 6.07) is 59.6. The molecule has 0 bridgehead atoms. The molecule has 246 valence electrons. The zero-order valence-corrected chi connectivity index (χ0v) is 27.9. The van der Waals surface area contributed by atoms with Crippen molar-refractivity contribution >= 4 is 17.1 Å². The first-order valence-electron chi connectivity index (χ1n) is 17.3. The minimum Gasteiger partial charge on any atom is -0.456 e. The van der Waals surface area contributed by atoms with Gasteiger partial charge in [-0.25, -0.2) is 0 Å². The summed E-state index contributed by atoms with van der Waals surface area (Å²) in [7, 11) is 0. The molecule has 7 aromatic carbocycles. The van der Waals surface area contributed by atoms with Crippen molar-refractivity contribution in [3.63, 3.8) is 0 Å². The molecule has 0 aliphatic carbocycles. The molecule has 5 heteroatoms. The number of para-hydroxylation sites is 6. The SMILES string of the molecule is c1ccc(N2c3ccccc3Oc3c(-c4ccc5c(c4)Oc4ccccc4-c4ccccc4Oc4cc(-c6ccccn6)ccc4-5)cccc32)cc1. The van der Waals surface area contributed by atoms with E-state index in [0.717, 1.165) is 84.7 Å². The fraction of sp³-hybridized carbons (Fsp3) is 0. The molecule has 5 nitrogen and oxygen atoms in total. The molecule has 0 atom stereocenters. The predicted molar refractivity (Wildman–Crippen MR) is 207 cm³/mol. The van der Waals surface area contributed by atoms with Gasteiger partial charge in [0, 0.05) is 45.3 Å². The van der Waals surface area contributed by atoms with E-state index >= 15 is 0 Å². The van der Waals surface area contributed by atoms with Crippen LogP contribution in [-0.4, -0.2) is 4.98 Å². The van der Waals surface area contributed by atoms with Crippen LogP contribution in [0.1, 0.15) is 0 Å². The van der Waals surface area contributed by atoms with Crippen molar-refractivity contribution in [2.24, 2.45) is 0 Å². The van der Waals surface area contributed by atoms with Gasteiger partial charge in [-0.1, -0.05) is 97.1 Å². The lowest BCUT2D eigenvalue weighted by atomic mass is 9.95. The van der Waals surface area contributed by atoms with E-state index in [1.807, 2.05) is 85.1 Å². The van der Waals surface area contributed by atoms with Crippen LogP contribution in [0.5, 0.6) is 34.5 Å². The molecule has 0 fully saturated rings. The van der Waals surface area contributed by atoms with Crippen molar-refractivity contribution < 1.29 is 14.2 Å². The Balaban J connectivity index is 1.17. The zero-order valence-electron chi connectivity index (χ0n) is 27.9. The minimum atomic E-state index is 0.702. The van der Waals surface area contributed by atoms with Crippen LogP contribution in [0, 0.1) is 0 Å². The van der Waals surface area contributed by atoms with Crippen LogP contribution < -0.4 is 19.1 Å². The lowest BCUT2D eigenvalue weighted by Crippen LogP contribution is -2.16. The predicted octanol–water partition coefficient (Wildman–Crippen LogP) is 13.2. The van der Waals surface area contributed by atoms with Gasteiger partial charge in [0.2, 0.25) is 0 Å². The van der Waals surface area contributed by atoms with Gasteiger partial charge < -0.3 is 19.1 Å². The van der Waals surface area contributed by atoms with Crippen LogP contribution in [0.4, 0.5) is 17.1 Å². The summed E-state index contributed by atoms with van der Waals surface area (Å²) in [5, 5.41) is 0. The van der Waals surface area contributed by atoms with Gasteiger partial charge in [0.1, 0.15) is 23.0 Å². The molecule has 0 radical (unpaired) electrons. The Kier molecular flexibility index (Phi) is 7.07. The van der Waals surface area contributed by atoms with Crippen molar-refractivity contribution in [1.82, 2.24) is 4.98 Å². The Hall–Kier alpha value is -7.11. The van der Waals surface area contributed by atoms with Crippen molar-refractivity contribution in [2.75, 3.05) is 4.90 Å². The molecule has 0 saturated carbocycles. The maximum absolute atomic E-state index is 6.98. The topological polar surface area (TPSA) is 43.8 Å². The van der Waals surface area contributed by atoms with Gasteiger partial charge in [-0.2, -0.15) is 0 Å². The molecule has 2 aliphatic rings. The monoisotopic (exact) mass is 670 g/mol. The van der Waals surface area contributed by atoms with Crippen LogP contribution in [-0.2, 0) is 0 Å². The van der Waals surface area contributed by atoms with Crippen molar-refractivity contribution in [3.8, 4) is 79.1 Å². The van der Waals surface area contributed by atoms with E-state index in [1.165, 1.54) is 0 Å². The molecule has 52 heavy (non-hydrogen) atoms. The van der Waals surface area contributed by atoms with Crippen LogP contribution in [0.25, 0.3) is 44.6 Å². The van der Waals surface area contributed by atoms with E-state index in [1.54, 1.807) is 0 Å². The first kappa shape index (κ1) is 29.8. The normalized spacial score (nSPS) is 12.3. The van der Waals surface area contributed by atoms with Gasteiger partial charge in [0.05, 0.1) is 17.1 Å². The molecular formula is C47H30N2O3. The molecular weight excluding hydrogens is 641 g/mol. The molecule has 0 saturated heterocycles. The fourth-order valence-corrected chi connectivity index (χ4v) is 7.17. The number of hydrogen-bond donors (Lipinski definition) is 0. The minimum absolute atomic E-state index is 0.702. The standard InChI is InChI=1S/C47H30N2O3/c1-2-13-33(14-3-1)49-40-19-6-9-23-44(40)52-47-34(17-12-20-41(47)49)31-24-26-37-38-27-25-32(39-18-10-11-28-48-39)30-46(38)51-43-22-8-5-16-36(43)35-15-4-7-21-42(35)50-45(37)29-31/h1-30H. The Labute approximate surface area is 301 Å². The van der Waals surface area contributed by atoms with Crippen molar-refractivity contribution in [1.29, 1.82) is 0 Å². The summed E-state index contributed by atoms with van der Waals surface area (Å²) in [4.78, 5) is 6.88. The lowest BCUT2D eigenvalue weighted by Gasteiger charge is -2.34. The molecule has 10 rings (SSSR count). The number of rotatable bonds is 3. The molecule has 0 N–H and O–H groups in total.